The Morgan fingerprint density at radius 3 is 2.72 bits per heavy atom. The Morgan fingerprint density at radius 2 is 2.00 bits per heavy atom. The van der Waals surface area contributed by atoms with Crippen LogP contribution in [0, 0.1) is 6.92 Å². The van der Waals surface area contributed by atoms with Crippen LogP contribution in [-0.2, 0) is 11.3 Å². The maximum absolute atomic E-state index is 12.6. The average Bonchev–Trinajstić information content (AvgIpc) is 2.61. The van der Waals surface area contributed by atoms with Crippen molar-refractivity contribution in [2.45, 2.75) is 13.5 Å². The van der Waals surface area contributed by atoms with Gasteiger partial charge in [0.15, 0.2) is 0 Å². The van der Waals surface area contributed by atoms with Gasteiger partial charge in [0.2, 0.25) is 0 Å². The van der Waals surface area contributed by atoms with Crippen LogP contribution in [-0.4, -0.2) is 29.2 Å². The van der Waals surface area contributed by atoms with E-state index in [2.05, 4.69) is 10.3 Å². The topological polar surface area (TPSA) is 73.2 Å². The molecule has 0 atom stereocenters. The number of aryl methyl sites for hydroxylation is 1. The summed E-state index contributed by atoms with van der Waals surface area (Å²) in [6.45, 7) is 2.65. The highest BCUT2D eigenvalue weighted by atomic mass is 16.5. The molecule has 2 heterocycles. The van der Waals surface area contributed by atoms with Crippen LogP contribution < -0.4 is 10.9 Å². The number of benzene rings is 1. The molecule has 1 amide bonds. The van der Waals surface area contributed by atoms with Crippen molar-refractivity contribution >= 4 is 22.5 Å². The van der Waals surface area contributed by atoms with Crippen LogP contribution >= 0.6 is 0 Å². The molecule has 0 spiro atoms. The fourth-order valence-electron chi connectivity index (χ4n) is 2.62. The van der Waals surface area contributed by atoms with Crippen molar-refractivity contribution in [2.24, 2.45) is 0 Å². The van der Waals surface area contributed by atoms with Crippen LogP contribution in [0.25, 0.3) is 10.9 Å². The van der Waals surface area contributed by atoms with E-state index in [1.807, 2.05) is 18.2 Å². The van der Waals surface area contributed by atoms with Gasteiger partial charge >= 0.3 is 0 Å². The number of aromatic nitrogens is 2. The van der Waals surface area contributed by atoms with Crippen molar-refractivity contribution in [3.8, 4) is 0 Å². The first-order chi connectivity index (χ1) is 12.1. The molecule has 0 saturated heterocycles. The van der Waals surface area contributed by atoms with Crippen LogP contribution in [0.4, 0.5) is 5.69 Å². The van der Waals surface area contributed by atoms with Gasteiger partial charge in [-0.2, -0.15) is 0 Å². The third kappa shape index (κ3) is 3.59. The highest BCUT2D eigenvalue weighted by Crippen LogP contribution is 2.16. The summed E-state index contributed by atoms with van der Waals surface area (Å²) in [6, 6.07) is 12.6. The summed E-state index contributed by atoms with van der Waals surface area (Å²) in [5, 5.41) is 3.24. The van der Waals surface area contributed by atoms with E-state index in [1.165, 1.54) is 0 Å². The number of ether oxygens (including phenoxy) is 1. The van der Waals surface area contributed by atoms with Gasteiger partial charge in [-0.15, -0.1) is 0 Å². The third-order valence-corrected chi connectivity index (χ3v) is 3.96. The number of para-hydroxylation sites is 1. The molecule has 2 aromatic heterocycles. The highest BCUT2D eigenvalue weighted by molar-refractivity contribution is 6.06. The minimum Gasteiger partial charge on any atom is -0.383 e. The van der Waals surface area contributed by atoms with E-state index in [0.29, 0.717) is 41.0 Å². The molecule has 3 aromatic rings. The molecule has 0 aliphatic heterocycles. The molecule has 0 saturated carbocycles. The third-order valence-electron chi connectivity index (χ3n) is 3.96. The molecule has 6 nitrogen and oxygen atoms in total. The molecule has 0 bridgehead atoms. The van der Waals surface area contributed by atoms with E-state index in [4.69, 9.17) is 4.74 Å². The molecule has 1 aromatic carbocycles. The van der Waals surface area contributed by atoms with Crippen LogP contribution in [0.2, 0.25) is 0 Å². The van der Waals surface area contributed by atoms with E-state index in [0.717, 1.165) is 0 Å². The summed E-state index contributed by atoms with van der Waals surface area (Å²) >= 11 is 0. The predicted octanol–water partition coefficient (Wildman–Crippen LogP) is 2.60. The fraction of sp³-hybridized carbons (Fsp3) is 0.211. The lowest BCUT2D eigenvalue weighted by molar-refractivity contribution is 0.102. The number of amides is 1. The predicted molar refractivity (Wildman–Crippen MR) is 97.0 cm³/mol. The lowest BCUT2D eigenvalue weighted by Crippen LogP contribution is -2.23. The highest BCUT2D eigenvalue weighted by Gasteiger charge is 2.14. The van der Waals surface area contributed by atoms with E-state index in [1.54, 1.807) is 49.1 Å². The first-order valence-electron chi connectivity index (χ1n) is 7.96. The molecule has 0 aliphatic rings. The van der Waals surface area contributed by atoms with Crippen LogP contribution in [0.5, 0.6) is 0 Å². The van der Waals surface area contributed by atoms with Gasteiger partial charge in [-0.25, -0.2) is 0 Å². The van der Waals surface area contributed by atoms with Crippen molar-refractivity contribution < 1.29 is 9.53 Å². The zero-order valence-electron chi connectivity index (χ0n) is 14.2. The van der Waals surface area contributed by atoms with Crippen molar-refractivity contribution in [1.82, 2.24) is 9.55 Å². The average molecular weight is 337 g/mol. The summed E-state index contributed by atoms with van der Waals surface area (Å²) in [5.74, 6) is -0.287. The fourth-order valence-corrected chi connectivity index (χ4v) is 2.62. The van der Waals surface area contributed by atoms with Gasteiger partial charge in [0.05, 0.1) is 28.8 Å². The minimum absolute atomic E-state index is 0.184. The molecule has 0 unspecified atom stereocenters. The number of carbonyl (C=O) groups is 1. The Bertz CT molecular complexity index is 965. The number of carbonyl (C=O) groups excluding carboxylic acids is 1. The maximum atomic E-state index is 12.6. The second kappa shape index (κ2) is 7.27. The van der Waals surface area contributed by atoms with Crippen LogP contribution in [0.15, 0.2) is 53.5 Å². The molecular weight excluding hydrogens is 318 g/mol. The quantitative estimate of drug-likeness (QED) is 0.777. The smallest absolute Gasteiger partial charge is 0.260 e. The van der Waals surface area contributed by atoms with Gasteiger partial charge in [-0.3, -0.25) is 14.6 Å². The number of rotatable bonds is 5. The molecule has 0 fully saturated rings. The van der Waals surface area contributed by atoms with Crippen molar-refractivity contribution in [1.29, 1.82) is 0 Å². The first kappa shape index (κ1) is 16.9. The Hall–Kier alpha value is -2.99. The number of pyridine rings is 2. The van der Waals surface area contributed by atoms with Gasteiger partial charge in [0.1, 0.15) is 0 Å². The number of nitrogens with one attached hydrogen (secondary N) is 1. The van der Waals surface area contributed by atoms with Gasteiger partial charge in [0.25, 0.3) is 11.5 Å². The standard InChI is InChI=1S/C19H19N3O3/c1-13-15(18(23)21-14-6-4-3-5-7-14)12-16-17(20-13)8-9-22(19(16)24)10-11-25-2/h3-9,12H,10-11H2,1-2H3,(H,21,23). The van der Waals surface area contributed by atoms with E-state index in [-0.39, 0.29) is 11.5 Å². The van der Waals surface area contributed by atoms with Gasteiger partial charge in [-0.05, 0) is 31.2 Å². The van der Waals surface area contributed by atoms with Crippen molar-refractivity contribution in [2.75, 3.05) is 19.0 Å². The minimum atomic E-state index is -0.287. The van der Waals surface area contributed by atoms with E-state index >= 15 is 0 Å². The van der Waals surface area contributed by atoms with Crippen molar-refractivity contribution in [3.05, 3.63) is 70.3 Å². The summed E-state index contributed by atoms with van der Waals surface area (Å²) in [4.78, 5) is 29.6. The van der Waals surface area contributed by atoms with Crippen molar-refractivity contribution in [3.63, 3.8) is 0 Å². The summed E-state index contributed by atoms with van der Waals surface area (Å²) < 4.78 is 6.58. The SMILES string of the molecule is COCCn1ccc2nc(C)c(C(=O)Nc3ccccc3)cc2c1=O. The largest absolute Gasteiger partial charge is 0.383 e. The Kier molecular flexibility index (Phi) is 4.90. The number of fused-ring (bicyclic) bond motifs is 1. The Labute approximate surface area is 145 Å². The Morgan fingerprint density at radius 1 is 1.24 bits per heavy atom. The monoisotopic (exact) mass is 337 g/mol. The second-order valence-corrected chi connectivity index (χ2v) is 5.68. The first-order valence-corrected chi connectivity index (χ1v) is 7.96. The molecular formula is C19H19N3O3. The lowest BCUT2D eigenvalue weighted by atomic mass is 10.1. The number of anilines is 1. The van der Waals surface area contributed by atoms with E-state index in [9.17, 15) is 9.59 Å². The zero-order chi connectivity index (χ0) is 17.8. The number of nitrogens with zero attached hydrogens (tertiary/aromatic N) is 2. The van der Waals surface area contributed by atoms with Crippen LogP contribution in [0.1, 0.15) is 16.1 Å². The molecule has 3 rings (SSSR count). The van der Waals surface area contributed by atoms with Gasteiger partial charge in [0, 0.05) is 25.5 Å². The number of hydrogen-bond donors (Lipinski definition) is 1. The molecule has 0 aliphatic carbocycles. The molecule has 128 valence electrons. The Balaban J connectivity index is 2.00. The molecule has 6 heteroatoms. The lowest BCUT2D eigenvalue weighted by Gasteiger charge is -2.10. The summed E-state index contributed by atoms with van der Waals surface area (Å²) in [6.07, 6.45) is 1.69. The summed E-state index contributed by atoms with van der Waals surface area (Å²) in [5.41, 5.74) is 2.05. The maximum Gasteiger partial charge on any atom is 0.260 e. The number of hydrogen-bond acceptors (Lipinski definition) is 4. The molecule has 0 radical (unpaired) electrons. The van der Waals surface area contributed by atoms with Gasteiger partial charge < -0.3 is 14.6 Å². The molecule has 25 heavy (non-hydrogen) atoms. The van der Waals surface area contributed by atoms with Crippen LogP contribution in [0.3, 0.4) is 0 Å². The second-order valence-electron chi connectivity index (χ2n) is 5.68. The normalized spacial score (nSPS) is 10.8. The molecule has 1 N–H and O–H groups in total. The summed E-state index contributed by atoms with van der Waals surface area (Å²) in [7, 11) is 1.59. The zero-order valence-corrected chi connectivity index (χ0v) is 14.2. The van der Waals surface area contributed by atoms with E-state index < -0.39 is 0 Å². The number of methoxy groups -OCH3 is 1. The van der Waals surface area contributed by atoms with Gasteiger partial charge in [-0.1, -0.05) is 18.2 Å².